The molecule has 0 amide bonds. The lowest BCUT2D eigenvalue weighted by Gasteiger charge is -2.57. The molecule has 8 atom stereocenters. The summed E-state index contributed by atoms with van der Waals surface area (Å²) < 4.78 is 0. The van der Waals surface area contributed by atoms with Gasteiger partial charge in [0, 0.05) is 12.1 Å². The van der Waals surface area contributed by atoms with Crippen molar-refractivity contribution in [1.29, 1.82) is 0 Å². The van der Waals surface area contributed by atoms with Crippen molar-refractivity contribution in [2.75, 3.05) is 0 Å². The van der Waals surface area contributed by atoms with Crippen LogP contribution in [0.2, 0.25) is 0 Å². The van der Waals surface area contributed by atoms with Crippen molar-refractivity contribution in [2.24, 2.45) is 52.4 Å². The Morgan fingerprint density at radius 2 is 1.69 bits per heavy atom. The van der Waals surface area contributed by atoms with E-state index in [2.05, 4.69) is 27.7 Å². The fourth-order valence-corrected chi connectivity index (χ4v) is 7.52. The fraction of sp³-hybridized carbons (Fsp3) is 1.00. The van der Waals surface area contributed by atoms with Crippen LogP contribution in [0.25, 0.3) is 0 Å². The lowest BCUT2D eigenvalue weighted by Crippen LogP contribution is -2.50. The molecule has 0 radical (unpaired) electrons. The summed E-state index contributed by atoms with van der Waals surface area (Å²) in [5.41, 5.74) is 13.4. The lowest BCUT2D eigenvalue weighted by atomic mass is 9.49. The predicted octanol–water partition coefficient (Wildman–Crippen LogP) is 5.74. The molecular weight excluding hydrogens is 316 g/mol. The van der Waals surface area contributed by atoms with E-state index in [1.807, 2.05) is 0 Å². The molecule has 152 valence electrons. The Kier molecular flexibility index (Phi) is 6.76. The highest BCUT2D eigenvalue weighted by Gasteiger charge is 2.51. The van der Waals surface area contributed by atoms with Crippen molar-refractivity contribution in [3.63, 3.8) is 0 Å². The minimum absolute atomic E-state index is 0.435. The maximum Gasteiger partial charge on any atom is 0.00647 e. The molecule has 0 saturated heterocycles. The smallest absolute Gasteiger partial charge is 0.00647 e. The van der Waals surface area contributed by atoms with Crippen LogP contribution in [0.1, 0.15) is 98.3 Å². The highest BCUT2D eigenvalue weighted by atomic mass is 14.7. The van der Waals surface area contributed by atoms with E-state index in [1.165, 1.54) is 70.6 Å². The van der Waals surface area contributed by atoms with Gasteiger partial charge in [-0.05, 0) is 92.3 Å². The van der Waals surface area contributed by atoms with Crippen LogP contribution in [-0.4, -0.2) is 12.1 Å². The van der Waals surface area contributed by atoms with Crippen LogP contribution in [0, 0.1) is 40.9 Å². The quantitative estimate of drug-likeness (QED) is 0.670. The number of hydrogen-bond donors (Lipinski definition) is 2. The first-order valence-corrected chi connectivity index (χ1v) is 11.8. The van der Waals surface area contributed by atoms with Gasteiger partial charge in [0.15, 0.2) is 0 Å². The van der Waals surface area contributed by atoms with Crippen molar-refractivity contribution in [2.45, 2.75) is 110 Å². The molecule has 3 aliphatic carbocycles. The average Bonchev–Trinajstić information content (AvgIpc) is 2.57. The molecule has 3 fully saturated rings. The van der Waals surface area contributed by atoms with E-state index < -0.39 is 0 Å². The molecule has 2 nitrogen and oxygen atoms in total. The largest absolute Gasteiger partial charge is 0.328 e. The Labute approximate surface area is 163 Å². The molecule has 0 bridgehead atoms. The van der Waals surface area contributed by atoms with Gasteiger partial charge in [-0.3, -0.25) is 0 Å². The van der Waals surface area contributed by atoms with Gasteiger partial charge in [-0.15, -0.1) is 0 Å². The molecule has 3 saturated carbocycles. The van der Waals surface area contributed by atoms with Crippen LogP contribution in [0.4, 0.5) is 0 Å². The van der Waals surface area contributed by atoms with Gasteiger partial charge < -0.3 is 11.5 Å². The molecule has 26 heavy (non-hydrogen) atoms. The molecular formula is C24H46N2. The summed E-state index contributed by atoms with van der Waals surface area (Å²) in [6.07, 6.45) is 15.1. The van der Waals surface area contributed by atoms with Gasteiger partial charge in [0.25, 0.3) is 0 Å². The summed E-state index contributed by atoms with van der Waals surface area (Å²) in [5, 5.41) is 0. The van der Waals surface area contributed by atoms with Gasteiger partial charge in [0.05, 0.1) is 0 Å². The fourth-order valence-electron chi connectivity index (χ4n) is 7.52. The second kappa shape index (κ2) is 8.52. The molecule has 0 aromatic carbocycles. The standard InChI is InChI=1S/C24H46N2/c1-16(2)22-10-8-17(3)14-24(22,15-19-6-5-7-21(25)13-19)20-9-11-23(26)18(4)12-20/h16-23H,5-15,25-26H2,1-4H3. The van der Waals surface area contributed by atoms with E-state index >= 15 is 0 Å². The van der Waals surface area contributed by atoms with Gasteiger partial charge in [-0.25, -0.2) is 0 Å². The van der Waals surface area contributed by atoms with E-state index in [4.69, 9.17) is 11.5 Å². The number of hydrogen-bond acceptors (Lipinski definition) is 2. The van der Waals surface area contributed by atoms with Crippen molar-refractivity contribution in [3.8, 4) is 0 Å². The van der Waals surface area contributed by atoms with Gasteiger partial charge in [-0.2, -0.15) is 0 Å². The Hall–Kier alpha value is -0.0800. The third-order valence-electron chi connectivity index (χ3n) is 8.78. The zero-order valence-electron chi connectivity index (χ0n) is 18.1. The van der Waals surface area contributed by atoms with Gasteiger partial charge in [0.2, 0.25) is 0 Å². The van der Waals surface area contributed by atoms with E-state index in [-0.39, 0.29) is 0 Å². The summed E-state index contributed by atoms with van der Waals surface area (Å²) in [4.78, 5) is 0. The second-order valence-corrected chi connectivity index (χ2v) is 11.1. The molecule has 0 spiro atoms. The van der Waals surface area contributed by atoms with Crippen LogP contribution in [0.3, 0.4) is 0 Å². The summed E-state index contributed by atoms with van der Waals surface area (Å²) in [6.45, 7) is 9.94. The average molecular weight is 363 g/mol. The van der Waals surface area contributed by atoms with Crippen LogP contribution in [-0.2, 0) is 0 Å². The van der Waals surface area contributed by atoms with Crippen molar-refractivity contribution in [1.82, 2.24) is 0 Å². The molecule has 0 aliphatic heterocycles. The van der Waals surface area contributed by atoms with Crippen LogP contribution in [0.5, 0.6) is 0 Å². The maximum atomic E-state index is 6.42. The van der Waals surface area contributed by atoms with Crippen LogP contribution < -0.4 is 11.5 Å². The highest BCUT2D eigenvalue weighted by molar-refractivity contribution is 5.01. The minimum Gasteiger partial charge on any atom is -0.328 e. The second-order valence-electron chi connectivity index (χ2n) is 11.1. The molecule has 8 unspecified atom stereocenters. The molecule has 3 aliphatic rings. The minimum atomic E-state index is 0.435. The third-order valence-corrected chi connectivity index (χ3v) is 8.78. The summed E-state index contributed by atoms with van der Waals surface area (Å²) in [5.74, 6) is 5.08. The third kappa shape index (κ3) is 4.32. The molecule has 0 aromatic rings. The first-order chi connectivity index (χ1) is 12.3. The zero-order valence-corrected chi connectivity index (χ0v) is 18.1. The van der Waals surface area contributed by atoms with E-state index in [0.29, 0.717) is 23.4 Å². The Bertz CT molecular complexity index is 447. The molecule has 4 N–H and O–H groups in total. The van der Waals surface area contributed by atoms with Crippen molar-refractivity contribution in [3.05, 3.63) is 0 Å². The summed E-state index contributed by atoms with van der Waals surface area (Å²) >= 11 is 0. The van der Waals surface area contributed by atoms with E-state index in [1.54, 1.807) is 0 Å². The zero-order chi connectivity index (χ0) is 18.9. The van der Waals surface area contributed by atoms with Crippen molar-refractivity contribution >= 4 is 0 Å². The maximum absolute atomic E-state index is 6.42. The Balaban J connectivity index is 1.88. The van der Waals surface area contributed by atoms with Crippen LogP contribution in [0.15, 0.2) is 0 Å². The number of nitrogens with two attached hydrogens (primary N) is 2. The topological polar surface area (TPSA) is 52.0 Å². The Morgan fingerprint density at radius 3 is 2.35 bits per heavy atom. The monoisotopic (exact) mass is 362 g/mol. The molecule has 0 aromatic heterocycles. The Morgan fingerprint density at radius 1 is 0.923 bits per heavy atom. The molecule has 0 heterocycles. The van der Waals surface area contributed by atoms with Crippen molar-refractivity contribution < 1.29 is 0 Å². The lowest BCUT2D eigenvalue weighted by molar-refractivity contribution is -0.0666. The molecule has 2 heteroatoms. The first-order valence-electron chi connectivity index (χ1n) is 11.8. The normalized spacial score (nSPS) is 47.9. The van der Waals surface area contributed by atoms with Gasteiger partial charge in [-0.1, -0.05) is 47.0 Å². The van der Waals surface area contributed by atoms with E-state index in [9.17, 15) is 0 Å². The highest BCUT2D eigenvalue weighted by Crippen LogP contribution is 2.59. The first kappa shape index (κ1) is 20.6. The van der Waals surface area contributed by atoms with Gasteiger partial charge >= 0.3 is 0 Å². The molecule has 3 rings (SSSR count). The van der Waals surface area contributed by atoms with E-state index in [0.717, 1.165) is 29.6 Å². The summed E-state index contributed by atoms with van der Waals surface area (Å²) in [7, 11) is 0. The van der Waals surface area contributed by atoms with Crippen LogP contribution >= 0.6 is 0 Å². The predicted molar refractivity (Wildman–Crippen MR) is 113 cm³/mol. The summed E-state index contributed by atoms with van der Waals surface area (Å²) in [6, 6.07) is 0.896. The number of rotatable bonds is 4. The van der Waals surface area contributed by atoms with Gasteiger partial charge in [0.1, 0.15) is 0 Å². The SMILES string of the molecule is CC1CCC(C(C)C)C(CC2CCCC(N)C2)(C2CCC(N)C(C)C2)C1.